The standard InChI is InChI=1S/C15H18N4O3/c1-10(2)18(8-13(16)20)15(22)9-19-12-6-4-3-5-11(12)17-7-14(19)21/h3-7,10H,8-9H2,1-2H3,(H2,16,20). The number of carbonyl (C=O) groups is 2. The third kappa shape index (κ3) is 3.30. The Hall–Kier alpha value is -2.70. The second-order valence-electron chi connectivity index (χ2n) is 5.25. The van der Waals surface area contributed by atoms with Gasteiger partial charge in [0.05, 0.1) is 23.8 Å². The van der Waals surface area contributed by atoms with E-state index in [1.54, 1.807) is 38.1 Å². The van der Waals surface area contributed by atoms with Gasteiger partial charge in [0, 0.05) is 6.04 Å². The number of para-hydroxylation sites is 2. The minimum absolute atomic E-state index is 0.159. The maximum absolute atomic E-state index is 12.4. The summed E-state index contributed by atoms with van der Waals surface area (Å²) in [4.78, 5) is 40.9. The van der Waals surface area contributed by atoms with Crippen LogP contribution in [0.4, 0.5) is 0 Å². The van der Waals surface area contributed by atoms with E-state index < -0.39 is 5.91 Å². The van der Waals surface area contributed by atoms with Crippen LogP contribution in [0, 0.1) is 0 Å². The summed E-state index contributed by atoms with van der Waals surface area (Å²) in [6.45, 7) is 3.24. The second kappa shape index (κ2) is 6.38. The Morgan fingerprint density at radius 3 is 2.64 bits per heavy atom. The lowest BCUT2D eigenvalue weighted by Crippen LogP contribution is -2.45. The van der Waals surface area contributed by atoms with E-state index in [-0.39, 0.29) is 30.6 Å². The fraction of sp³-hybridized carbons (Fsp3) is 0.333. The van der Waals surface area contributed by atoms with Crippen LogP contribution in [-0.2, 0) is 16.1 Å². The molecule has 22 heavy (non-hydrogen) atoms. The molecule has 116 valence electrons. The van der Waals surface area contributed by atoms with Crippen molar-refractivity contribution in [2.45, 2.75) is 26.4 Å². The van der Waals surface area contributed by atoms with Gasteiger partial charge in [0.15, 0.2) is 0 Å². The Morgan fingerprint density at radius 2 is 2.00 bits per heavy atom. The first-order chi connectivity index (χ1) is 10.4. The largest absolute Gasteiger partial charge is 0.368 e. The maximum atomic E-state index is 12.4. The number of benzene rings is 1. The van der Waals surface area contributed by atoms with Gasteiger partial charge in [0.1, 0.15) is 6.54 Å². The number of carbonyl (C=O) groups excluding carboxylic acids is 2. The van der Waals surface area contributed by atoms with Gasteiger partial charge in [0.25, 0.3) is 5.56 Å². The molecule has 2 rings (SSSR count). The van der Waals surface area contributed by atoms with Gasteiger partial charge in [-0.25, -0.2) is 4.98 Å². The average molecular weight is 302 g/mol. The minimum atomic E-state index is -0.589. The number of nitrogens with two attached hydrogens (primary N) is 1. The normalized spacial score (nSPS) is 10.9. The monoisotopic (exact) mass is 302 g/mol. The molecule has 0 saturated heterocycles. The Kier molecular flexibility index (Phi) is 4.55. The van der Waals surface area contributed by atoms with E-state index in [0.29, 0.717) is 11.0 Å². The summed E-state index contributed by atoms with van der Waals surface area (Å²) in [7, 11) is 0. The summed E-state index contributed by atoms with van der Waals surface area (Å²) in [6, 6.07) is 6.88. The van der Waals surface area contributed by atoms with Gasteiger partial charge in [-0.2, -0.15) is 0 Å². The van der Waals surface area contributed by atoms with Crippen molar-refractivity contribution in [2.24, 2.45) is 5.73 Å². The van der Waals surface area contributed by atoms with Crippen LogP contribution >= 0.6 is 0 Å². The Bertz CT molecular complexity index is 767. The lowest BCUT2D eigenvalue weighted by molar-refractivity contribution is -0.137. The van der Waals surface area contributed by atoms with Crippen LogP contribution in [-0.4, -0.2) is 38.9 Å². The lowest BCUT2D eigenvalue weighted by atomic mass is 10.2. The molecule has 0 aliphatic rings. The smallest absolute Gasteiger partial charge is 0.269 e. The third-order valence-corrected chi connectivity index (χ3v) is 3.32. The van der Waals surface area contributed by atoms with Gasteiger partial charge in [-0.3, -0.25) is 19.0 Å². The van der Waals surface area contributed by atoms with Crippen LogP contribution in [0.3, 0.4) is 0 Å². The van der Waals surface area contributed by atoms with Crippen molar-refractivity contribution in [3.63, 3.8) is 0 Å². The topological polar surface area (TPSA) is 98.3 Å². The molecule has 0 spiro atoms. The van der Waals surface area contributed by atoms with Crippen molar-refractivity contribution in [3.05, 3.63) is 40.8 Å². The molecule has 7 nitrogen and oxygen atoms in total. The zero-order valence-electron chi connectivity index (χ0n) is 12.5. The minimum Gasteiger partial charge on any atom is -0.368 e. The number of rotatable bonds is 5. The summed E-state index contributed by atoms with van der Waals surface area (Å²) in [5.74, 6) is -0.929. The number of primary amides is 1. The number of aromatic nitrogens is 2. The molecule has 2 amide bonds. The highest BCUT2D eigenvalue weighted by atomic mass is 16.2. The molecule has 0 aliphatic heterocycles. The van der Waals surface area contributed by atoms with Crippen LogP contribution in [0.2, 0.25) is 0 Å². The van der Waals surface area contributed by atoms with E-state index in [1.807, 2.05) is 0 Å². The Balaban J connectivity index is 2.37. The number of nitrogens with zero attached hydrogens (tertiary/aromatic N) is 3. The van der Waals surface area contributed by atoms with Gasteiger partial charge >= 0.3 is 0 Å². The fourth-order valence-electron chi connectivity index (χ4n) is 2.23. The molecule has 0 atom stereocenters. The van der Waals surface area contributed by atoms with Gasteiger partial charge < -0.3 is 10.6 Å². The molecular weight excluding hydrogens is 284 g/mol. The molecule has 0 saturated carbocycles. The van der Waals surface area contributed by atoms with Crippen molar-refractivity contribution >= 4 is 22.8 Å². The van der Waals surface area contributed by atoms with E-state index in [2.05, 4.69) is 4.98 Å². The van der Waals surface area contributed by atoms with E-state index in [1.165, 1.54) is 15.7 Å². The summed E-state index contributed by atoms with van der Waals surface area (Å²) in [6.07, 6.45) is 1.18. The quantitative estimate of drug-likeness (QED) is 0.848. The van der Waals surface area contributed by atoms with Crippen LogP contribution in [0.25, 0.3) is 11.0 Å². The zero-order valence-corrected chi connectivity index (χ0v) is 12.5. The molecule has 0 radical (unpaired) electrons. The van der Waals surface area contributed by atoms with Gasteiger partial charge in [0.2, 0.25) is 11.8 Å². The van der Waals surface area contributed by atoms with Crippen molar-refractivity contribution in [3.8, 4) is 0 Å². The predicted molar refractivity (Wildman–Crippen MR) is 82.0 cm³/mol. The number of fused-ring (bicyclic) bond motifs is 1. The molecule has 7 heteroatoms. The highest BCUT2D eigenvalue weighted by Gasteiger charge is 2.20. The molecule has 1 aromatic heterocycles. The van der Waals surface area contributed by atoms with Crippen LogP contribution in [0.1, 0.15) is 13.8 Å². The predicted octanol–water partition coefficient (Wildman–Crippen LogP) is 0.119. The molecule has 1 heterocycles. The number of hydrogen-bond donors (Lipinski definition) is 1. The summed E-state index contributed by atoms with van der Waals surface area (Å²) in [5, 5.41) is 0. The van der Waals surface area contributed by atoms with E-state index >= 15 is 0 Å². The second-order valence-corrected chi connectivity index (χ2v) is 5.25. The number of amides is 2. The molecule has 0 fully saturated rings. The summed E-state index contributed by atoms with van der Waals surface area (Å²) in [5.41, 5.74) is 6.01. The van der Waals surface area contributed by atoms with Crippen molar-refractivity contribution < 1.29 is 9.59 Å². The first-order valence-electron chi connectivity index (χ1n) is 6.92. The highest BCUT2D eigenvalue weighted by molar-refractivity contribution is 5.85. The summed E-state index contributed by atoms with van der Waals surface area (Å²) < 4.78 is 1.35. The van der Waals surface area contributed by atoms with Crippen LogP contribution < -0.4 is 11.3 Å². The van der Waals surface area contributed by atoms with Gasteiger partial charge in [-0.05, 0) is 26.0 Å². The molecule has 2 aromatic rings. The van der Waals surface area contributed by atoms with Crippen LogP contribution in [0.5, 0.6) is 0 Å². The molecule has 2 N–H and O–H groups in total. The zero-order chi connectivity index (χ0) is 16.3. The van der Waals surface area contributed by atoms with Crippen molar-refractivity contribution in [1.82, 2.24) is 14.5 Å². The van der Waals surface area contributed by atoms with Crippen molar-refractivity contribution in [2.75, 3.05) is 6.54 Å². The SMILES string of the molecule is CC(C)N(CC(N)=O)C(=O)Cn1c(=O)cnc2ccccc21. The average Bonchev–Trinajstić information content (AvgIpc) is 2.47. The molecule has 1 aromatic carbocycles. The molecule has 0 bridgehead atoms. The Morgan fingerprint density at radius 1 is 1.32 bits per heavy atom. The lowest BCUT2D eigenvalue weighted by Gasteiger charge is -2.25. The van der Waals surface area contributed by atoms with E-state index in [4.69, 9.17) is 5.73 Å². The third-order valence-electron chi connectivity index (χ3n) is 3.32. The first kappa shape index (κ1) is 15.7. The fourth-order valence-corrected chi connectivity index (χ4v) is 2.23. The van der Waals surface area contributed by atoms with Crippen molar-refractivity contribution in [1.29, 1.82) is 0 Å². The molecule has 0 aliphatic carbocycles. The molecule has 0 unspecified atom stereocenters. The van der Waals surface area contributed by atoms with Crippen LogP contribution in [0.15, 0.2) is 35.3 Å². The Labute approximate surface area is 127 Å². The van der Waals surface area contributed by atoms with Gasteiger partial charge in [-0.1, -0.05) is 12.1 Å². The molecular formula is C15H18N4O3. The van der Waals surface area contributed by atoms with E-state index in [9.17, 15) is 14.4 Å². The number of hydrogen-bond acceptors (Lipinski definition) is 4. The highest BCUT2D eigenvalue weighted by Crippen LogP contribution is 2.09. The van der Waals surface area contributed by atoms with E-state index in [0.717, 1.165) is 0 Å². The van der Waals surface area contributed by atoms with Gasteiger partial charge in [-0.15, -0.1) is 0 Å². The summed E-state index contributed by atoms with van der Waals surface area (Å²) >= 11 is 0. The maximum Gasteiger partial charge on any atom is 0.269 e. The first-order valence-corrected chi connectivity index (χ1v) is 6.92.